The molecular weight excluding hydrogens is 281 g/mol. The number of rotatable bonds is 6. The van der Waals surface area contributed by atoms with Crippen molar-refractivity contribution in [1.29, 1.82) is 0 Å². The van der Waals surface area contributed by atoms with Crippen molar-refractivity contribution in [2.75, 3.05) is 11.9 Å². The normalized spacial score (nSPS) is 10.3. The number of benzene rings is 2. The molecule has 0 fully saturated rings. The first-order valence-electron chi connectivity index (χ1n) is 7.30. The Balaban J connectivity index is 1.73. The highest BCUT2D eigenvalue weighted by Gasteiger charge is 2.04. The van der Waals surface area contributed by atoms with Crippen molar-refractivity contribution >= 4 is 11.6 Å². The number of carbonyl (C=O) groups is 1. The number of nitrogens with one attached hydrogen (secondary N) is 1. The quantitative estimate of drug-likeness (QED) is 0.810. The van der Waals surface area contributed by atoms with E-state index in [4.69, 9.17) is 4.74 Å². The van der Waals surface area contributed by atoms with E-state index in [9.17, 15) is 9.18 Å². The van der Waals surface area contributed by atoms with Gasteiger partial charge in [-0.05, 0) is 50.1 Å². The van der Waals surface area contributed by atoms with Gasteiger partial charge >= 0.3 is 0 Å². The van der Waals surface area contributed by atoms with E-state index < -0.39 is 0 Å². The maximum atomic E-state index is 13.0. The topological polar surface area (TPSA) is 38.3 Å². The summed E-state index contributed by atoms with van der Waals surface area (Å²) in [6, 6.07) is 11.9. The van der Waals surface area contributed by atoms with Gasteiger partial charge in [0.25, 0.3) is 0 Å². The molecule has 116 valence electrons. The fourth-order valence-electron chi connectivity index (χ4n) is 2.17. The Morgan fingerprint density at radius 2 is 2.00 bits per heavy atom. The van der Waals surface area contributed by atoms with Crippen molar-refractivity contribution < 1.29 is 13.9 Å². The molecule has 0 heterocycles. The highest BCUT2D eigenvalue weighted by atomic mass is 19.1. The Kier molecular flexibility index (Phi) is 5.53. The summed E-state index contributed by atoms with van der Waals surface area (Å²) >= 11 is 0. The number of amides is 1. The molecule has 0 atom stereocenters. The molecule has 0 saturated heterocycles. The predicted octanol–water partition coefficient (Wildman–Crippen LogP) is 4.24. The largest absolute Gasteiger partial charge is 0.493 e. The van der Waals surface area contributed by atoms with Crippen LogP contribution in [0.1, 0.15) is 24.0 Å². The van der Waals surface area contributed by atoms with Crippen LogP contribution in [-0.2, 0) is 4.79 Å². The van der Waals surface area contributed by atoms with E-state index in [-0.39, 0.29) is 11.7 Å². The maximum Gasteiger partial charge on any atom is 0.224 e. The van der Waals surface area contributed by atoms with E-state index in [0.717, 1.165) is 11.3 Å². The molecule has 0 saturated carbocycles. The predicted molar refractivity (Wildman–Crippen MR) is 85.7 cm³/mol. The van der Waals surface area contributed by atoms with Crippen molar-refractivity contribution in [3.8, 4) is 5.75 Å². The summed E-state index contributed by atoms with van der Waals surface area (Å²) in [5.41, 5.74) is 2.75. The van der Waals surface area contributed by atoms with Crippen LogP contribution in [0.3, 0.4) is 0 Å². The van der Waals surface area contributed by atoms with Crippen molar-refractivity contribution in [3.05, 3.63) is 59.4 Å². The molecular formula is C18H20FNO2. The molecule has 4 heteroatoms. The number of hydrogen-bond acceptors (Lipinski definition) is 2. The van der Waals surface area contributed by atoms with Crippen LogP contribution in [0.25, 0.3) is 0 Å². The van der Waals surface area contributed by atoms with Crippen LogP contribution in [0, 0.1) is 19.7 Å². The number of hydrogen-bond donors (Lipinski definition) is 1. The Morgan fingerprint density at radius 1 is 1.18 bits per heavy atom. The van der Waals surface area contributed by atoms with Gasteiger partial charge in [0.2, 0.25) is 5.91 Å². The van der Waals surface area contributed by atoms with E-state index in [0.29, 0.717) is 25.1 Å². The third-order valence-electron chi connectivity index (χ3n) is 3.24. The molecule has 0 aromatic heterocycles. The fraction of sp³-hybridized carbons (Fsp3) is 0.278. The van der Waals surface area contributed by atoms with Crippen LogP contribution in [0.2, 0.25) is 0 Å². The SMILES string of the molecule is Cc1ccc(OCCCC(=O)Nc2cccc(F)c2)c(C)c1. The molecule has 0 aliphatic carbocycles. The molecule has 2 rings (SSSR count). The van der Waals surface area contributed by atoms with Crippen LogP contribution in [-0.4, -0.2) is 12.5 Å². The molecule has 3 nitrogen and oxygen atoms in total. The van der Waals surface area contributed by atoms with Crippen LogP contribution >= 0.6 is 0 Å². The Morgan fingerprint density at radius 3 is 2.73 bits per heavy atom. The summed E-state index contributed by atoms with van der Waals surface area (Å²) < 4.78 is 18.7. The zero-order valence-electron chi connectivity index (χ0n) is 12.9. The van der Waals surface area contributed by atoms with Crippen LogP contribution in [0.4, 0.5) is 10.1 Å². The molecule has 2 aromatic rings. The van der Waals surface area contributed by atoms with Gasteiger partial charge in [-0.3, -0.25) is 4.79 Å². The van der Waals surface area contributed by atoms with E-state index in [1.54, 1.807) is 12.1 Å². The molecule has 0 aliphatic rings. The molecule has 22 heavy (non-hydrogen) atoms. The van der Waals surface area contributed by atoms with Crippen LogP contribution in [0.5, 0.6) is 5.75 Å². The van der Waals surface area contributed by atoms with E-state index in [1.165, 1.54) is 17.7 Å². The minimum absolute atomic E-state index is 0.144. The number of aryl methyl sites for hydroxylation is 2. The molecule has 0 unspecified atom stereocenters. The summed E-state index contributed by atoms with van der Waals surface area (Å²) in [4.78, 5) is 11.8. The standard InChI is InChI=1S/C18H20FNO2/c1-13-8-9-17(14(2)11-13)22-10-4-7-18(21)20-16-6-3-5-15(19)12-16/h3,5-6,8-9,11-12H,4,7,10H2,1-2H3,(H,20,21). The van der Waals surface area contributed by atoms with Gasteiger partial charge in [0, 0.05) is 12.1 Å². The lowest BCUT2D eigenvalue weighted by Crippen LogP contribution is -2.13. The summed E-state index contributed by atoms with van der Waals surface area (Å²) in [5, 5.41) is 2.67. The average molecular weight is 301 g/mol. The molecule has 2 aromatic carbocycles. The van der Waals surface area contributed by atoms with Gasteiger partial charge in [0.1, 0.15) is 11.6 Å². The number of carbonyl (C=O) groups excluding carboxylic acids is 1. The lowest BCUT2D eigenvalue weighted by Gasteiger charge is -2.10. The fourth-order valence-corrected chi connectivity index (χ4v) is 2.17. The van der Waals surface area contributed by atoms with Gasteiger partial charge in [-0.2, -0.15) is 0 Å². The maximum absolute atomic E-state index is 13.0. The van der Waals surface area contributed by atoms with Crippen molar-refractivity contribution in [1.82, 2.24) is 0 Å². The molecule has 1 N–H and O–H groups in total. The summed E-state index contributed by atoms with van der Waals surface area (Å²) in [6.07, 6.45) is 0.940. The Labute approximate surface area is 130 Å². The monoisotopic (exact) mass is 301 g/mol. The molecule has 0 aliphatic heterocycles. The van der Waals surface area contributed by atoms with Crippen LogP contribution in [0.15, 0.2) is 42.5 Å². The first kappa shape index (κ1) is 16.0. The second-order valence-corrected chi connectivity index (χ2v) is 5.28. The van der Waals surface area contributed by atoms with Gasteiger partial charge in [0.05, 0.1) is 6.61 Å². The molecule has 0 radical (unpaired) electrons. The van der Waals surface area contributed by atoms with Gasteiger partial charge in [-0.1, -0.05) is 23.8 Å². The molecule has 1 amide bonds. The molecule has 0 bridgehead atoms. The van der Waals surface area contributed by atoms with E-state index in [1.807, 2.05) is 26.0 Å². The van der Waals surface area contributed by atoms with E-state index in [2.05, 4.69) is 11.4 Å². The zero-order valence-corrected chi connectivity index (χ0v) is 12.9. The van der Waals surface area contributed by atoms with Crippen molar-refractivity contribution in [3.63, 3.8) is 0 Å². The summed E-state index contributed by atoms with van der Waals surface area (Å²) in [6.45, 7) is 4.51. The van der Waals surface area contributed by atoms with Crippen molar-refractivity contribution in [2.45, 2.75) is 26.7 Å². The van der Waals surface area contributed by atoms with Gasteiger partial charge in [-0.15, -0.1) is 0 Å². The highest BCUT2D eigenvalue weighted by Crippen LogP contribution is 2.19. The number of anilines is 1. The Hall–Kier alpha value is -2.36. The van der Waals surface area contributed by atoms with Crippen molar-refractivity contribution in [2.24, 2.45) is 0 Å². The zero-order chi connectivity index (χ0) is 15.9. The first-order chi connectivity index (χ1) is 10.5. The minimum atomic E-state index is -0.365. The van der Waals surface area contributed by atoms with E-state index >= 15 is 0 Å². The third kappa shape index (κ3) is 4.88. The summed E-state index contributed by atoms with van der Waals surface area (Å²) in [5.74, 6) is 0.335. The number of ether oxygens (including phenoxy) is 1. The lowest BCUT2D eigenvalue weighted by molar-refractivity contribution is -0.116. The van der Waals surface area contributed by atoms with Gasteiger partial charge in [0.15, 0.2) is 0 Å². The third-order valence-corrected chi connectivity index (χ3v) is 3.24. The molecule has 0 spiro atoms. The number of halogens is 1. The first-order valence-corrected chi connectivity index (χ1v) is 7.30. The highest BCUT2D eigenvalue weighted by molar-refractivity contribution is 5.90. The average Bonchev–Trinajstić information content (AvgIpc) is 2.45. The smallest absolute Gasteiger partial charge is 0.224 e. The summed E-state index contributed by atoms with van der Waals surface area (Å²) in [7, 11) is 0. The second kappa shape index (κ2) is 7.59. The Bertz CT molecular complexity index is 655. The second-order valence-electron chi connectivity index (χ2n) is 5.28. The van der Waals surface area contributed by atoms with Gasteiger partial charge < -0.3 is 10.1 Å². The lowest BCUT2D eigenvalue weighted by atomic mass is 10.1. The minimum Gasteiger partial charge on any atom is -0.493 e. The van der Waals surface area contributed by atoms with Gasteiger partial charge in [-0.25, -0.2) is 4.39 Å². The van der Waals surface area contributed by atoms with Crippen LogP contribution < -0.4 is 10.1 Å².